The summed E-state index contributed by atoms with van der Waals surface area (Å²) >= 11 is 0. The van der Waals surface area contributed by atoms with Crippen LogP contribution in [0.1, 0.15) is 44.7 Å². The Morgan fingerprint density at radius 3 is 2.70 bits per heavy atom. The molecule has 0 fully saturated rings. The van der Waals surface area contributed by atoms with Gasteiger partial charge >= 0.3 is 0 Å². The van der Waals surface area contributed by atoms with Crippen LogP contribution in [0.15, 0.2) is 24.3 Å². The van der Waals surface area contributed by atoms with Crippen LogP contribution in [-0.2, 0) is 0 Å². The highest BCUT2D eigenvalue weighted by Gasteiger charge is 2.13. The number of unbranched alkanes of at least 4 members (excludes halogenated alkanes) is 1. The van der Waals surface area contributed by atoms with Crippen LogP contribution in [0, 0.1) is 0 Å². The summed E-state index contributed by atoms with van der Waals surface area (Å²) in [5.41, 5.74) is 1.31. The summed E-state index contributed by atoms with van der Waals surface area (Å²) in [5.74, 6) is 0.932. The average molecular weight is 278 g/mol. The molecule has 1 atom stereocenters. The first kappa shape index (κ1) is 17.0. The summed E-state index contributed by atoms with van der Waals surface area (Å²) in [4.78, 5) is 2.41. The Morgan fingerprint density at radius 1 is 1.25 bits per heavy atom. The number of benzene rings is 1. The topological polar surface area (TPSA) is 24.5 Å². The molecular weight excluding hydrogens is 248 g/mol. The maximum atomic E-state index is 5.34. The third-order valence-corrected chi connectivity index (χ3v) is 3.52. The monoisotopic (exact) mass is 278 g/mol. The van der Waals surface area contributed by atoms with Gasteiger partial charge in [-0.3, -0.25) is 0 Å². The summed E-state index contributed by atoms with van der Waals surface area (Å²) < 4.78 is 5.34. The molecule has 1 aromatic rings. The van der Waals surface area contributed by atoms with E-state index in [1.165, 1.54) is 18.4 Å². The van der Waals surface area contributed by atoms with Gasteiger partial charge in [-0.05, 0) is 50.7 Å². The normalized spacial score (nSPS) is 12.7. The molecule has 114 valence electrons. The Balaban J connectivity index is 2.71. The van der Waals surface area contributed by atoms with Crippen LogP contribution in [0.2, 0.25) is 0 Å². The van der Waals surface area contributed by atoms with E-state index in [1.807, 2.05) is 6.07 Å². The Kier molecular flexibility index (Phi) is 8.31. The molecular formula is C17H30N2O. The van der Waals surface area contributed by atoms with Crippen LogP contribution < -0.4 is 10.1 Å². The molecule has 0 saturated heterocycles. The van der Waals surface area contributed by atoms with Gasteiger partial charge in [0, 0.05) is 12.6 Å². The fourth-order valence-corrected chi connectivity index (χ4v) is 2.30. The maximum absolute atomic E-state index is 5.34. The van der Waals surface area contributed by atoms with Crippen molar-refractivity contribution in [1.82, 2.24) is 10.2 Å². The Morgan fingerprint density at radius 2 is 2.05 bits per heavy atom. The standard InChI is InChI=1S/C17H30N2O/c1-5-7-12-19(3)14-17(18-11-6-2)15-9-8-10-16(13-15)20-4/h8-10,13,17-18H,5-7,11-12,14H2,1-4H3. The smallest absolute Gasteiger partial charge is 0.119 e. The van der Waals surface area contributed by atoms with Crippen molar-refractivity contribution >= 4 is 0 Å². The minimum atomic E-state index is 0.368. The van der Waals surface area contributed by atoms with Crippen LogP contribution in [0.25, 0.3) is 0 Å². The van der Waals surface area contributed by atoms with Crippen molar-refractivity contribution in [2.45, 2.75) is 39.2 Å². The number of hydrogen-bond donors (Lipinski definition) is 1. The van der Waals surface area contributed by atoms with Crippen molar-refractivity contribution in [1.29, 1.82) is 0 Å². The molecule has 0 radical (unpaired) electrons. The van der Waals surface area contributed by atoms with Crippen molar-refractivity contribution in [3.8, 4) is 5.75 Å². The number of nitrogens with zero attached hydrogens (tertiary/aromatic N) is 1. The van der Waals surface area contributed by atoms with E-state index in [4.69, 9.17) is 4.74 Å². The van der Waals surface area contributed by atoms with Gasteiger partial charge in [-0.25, -0.2) is 0 Å². The van der Waals surface area contributed by atoms with Crippen molar-refractivity contribution in [2.24, 2.45) is 0 Å². The van der Waals surface area contributed by atoms with Gasteiger partial charge in [0.15, 0.2) is 0 Å². The largest absolute Gasteiger partial charge is 0.497 e. The van der Waals surface area contributed by atoms with E-state index in [-0.39, 0.29) is 0 Å². The minimum Gasteiger partial charge on any atom is -0.497 e. The molecule has 0 aliphatic heterocycles. The molecule has 3 heteroatoms. The van der Waals surface area contributed by atoms with Crippen molar-refractivity contribution in [3.63, 3.8) is 0 Å². The highest BCUT2D eigenvalue weighted by molar-refractivity contribution is 5.30. The number of ether oxygens (including phenoxy) is 1. The Labute approximate surface area is 124 Å². The third kappa shape index (κ3) is 5.93. The lowest BCUT2D eigenvalue weighted by Gasteiger charge is -2.25. The van der Waals surface area contributed by atoms with Crippen LogP contribution in [-0.4, -0.2) is 38.7 Å². The molecule has 1 rings (SSSR count). The molecule has 0 saturated carbocycles. The first-order chi connectivity index (χ1) is 9.71. The first-order valence-corrected chi connectivity index (χ1v) is 7.77. The van der Waals surface area contributed by atoms with Crippen LogP contribution >= 0.6 is 0 Å². The molecule has 0 amide bonds. The van der Waals surface area contributed by atoms with Crippen molar-refractivity contribution in [3.05, 3.63) is 29.8 Å². The first-order valence-electron chi connectivity index (χ1n) is 7.77. The zero-order valence-electron chi connectivity index (χ0n) is 13.5. The zero-order valence-corrected chi connectivity index (χ0v) is 13.5. The molecule has 3 nitrogen and oxygen atoms in total. The summed E-state index contributed by atoms with van der Waals surface area (Å²) in [5, 5.41) is 3.65. The lowest BCUT2D eigenvalue weighted by molar-refractivity contribution is 0.286. The molecule has 0 heterocycles. The number of hydrogen-bond acceptors (Lipinski definition) is 3. The predicted molar refractivity (Wildman–Crippen MR) is 86.4 cm³/mol. The summed E-state index contributed by atoms with van der Waals surface area (Å²) in [6.45, 7) is 7.68. The molecule has 0 aliphatic carbocycles. The third-order valence-electron chi connectivity index (χ3n) is 3.52. The quantitative estimate of drug-likeness (QED) is 0.709. The molecule has 1 aromatic carbocycles. The molecule has 0 spiro atoms. The lowest BCUT2D eigenvalue weighted by Crippen LogP contribution is -2.34. The van der Waals surface area contributed by atoms with Crippen LogP contribution in [0.4, 0.5) is 0 Å². The Bertz CT molecular complexity index is 368. The van der Waals surface area contributed by atoms with Crippen molar-refractivity contribution in [2.75, 3.05) is 33.8 Å². The number of methoxy groups -OCH3 is 1. The highest BCUT2D eigenvalue weighted by Crippen LogP contribution is 2.20. The summed E-state index contributed by atoms with van der Waals surface area (Å²) in [7, 11) is 3.93. The predicted octanol–water partition coefficient (Wildman–Crippen LogP) is 3.47. The van der Waals surface area contributed by atoms with Gasteiger partial charge in [0.1, 0.15) is 5.75 Å². The Hall–Kier alpha value is -1.06. The summed E-state index contributed by atoms with van der Waals surface area (Å²) in [6.07, 6.45) is 3.66. The van der Waals surface area contributed by atoms with E-state index in [1.54, 1.807) is 7.11 Å². The van der Waals surface area contributed by atoms with Gasteiger partial charge in [-0.2, -0.15) is 0 Å². The van der Waals surface area contributed by atoms with E-state index in [0.29, 0.717) is 6.04 Å². The average Bonchev–Trinajstić information content (AvgIpc) is 2.49. The van der Waals surface area contributed by atoms with E-state index in [0.717, 1.165) is 31.8 Å². The molecule has 1 unspecified atom stereocenters. The fraction of sp³-hybridized carbons (Fsp3) is 0.647. The SMILES string of the molecule is CCCCN(C)CC(NCCC)c1cccc(OC)c1. The zero-order chi connectivity index (χ0) is 14.8. The molecule has 1 N–H and O–H groups in total. The fourth-order valence-electron chi connectivity index (χ4n) is 2.30. The molecule has 0 aromatic heterocycles. The summed E-state index contributed by atoms with van der Waals surface area (Å²) in [6, 6.07) is 8.76. The second-order valence-electron chi connectivity index (χ2n) is 5.40. The minimum absolute atomic E-state index is 0.368. The second kappa shape index (κ2) is 9.78. The van der Waals surface area contributed by atoms with Gasteiger partial charge in [0.05, 0.1) is 7.11 Å². The van der Waals surface area contributed by atoms with Gasteiger partial charge < -0.3 is 15.0 Å². The van der Waals surface area contributed by atoms with Crippen molar-refractivity contribution < 1.29 is 4.74 Å². The van der Waals surface area contributed by atoms with E-state index >= 15 is 0 Å². The molecule has 0 aliphatic rings. The van der Waals surface area contributed by atoms with E-state index < -0.39 is 0 Å². The van der Waals surface area contributed by atoms with Crippen LogP contribution in [0.5, 0.6) is 5.75 Å². The van der Waals surface area contributed by atoms with Gasteiger partial charge in [0.2, 0.25) is 0 Å². The highest BCUT2D eigenvalue weighted by atomic mass is 16.5. The molecule has 20 heavy (non-hydrogen) atoms. The maximum Gasteiger partial charge on any atom is 0.119 e. The number of likely N-dealkylation sites (N-methyl/N-ethyl adjacent to an activating group) is 1. The number of rotatable bonds is 10. The van der Waals surface area contributed by atoms with Gasteiger partial charge in [0.25, 0.3) is 0 Å². The lowest BCUT2D eigenvalue weighted by atomic mass is 10.1. The number of nitrogens with one attached hydrogen (secondary N) is 1. The second-order valence-corrected chi connectivity index (χ2v) is 5.40. The van der Waals surface area contributed by atoms with E-state index in [2.05, 4.69) is 49.3 Å². The van der Waals surface area contributed by atoms with Gasteiger partial charge in [-0.1, -0.05) is 32.4 Å². The van der Waals surface area contributed by atoms with E-state index in [9.17, 15) is 0 Å². The molecule has 0 bridgehead atoms. The van der Waals surface area contributed by atoms with Crippen LogP contribution in [0.3, 0.4) is 0 Å². The van der Waals surface area contributed by atoms with Gasteiger partial charge in [-0.15, -0.1) is 0 Å².